The lowest BCUT2D eigenvalue weighted by Crippen LogP contribution is -2.03. The zero-order chi connectivity index (χ0) is 12.4. The second kappa shape index (κ2) is 4.58. The average Bonchev–Trinajstić information content (AvgIpc) is 2.27. The molecule has 0 amide bonds. The van der Waals surface area contributed by atoms with Crippen LogP contribution in [0.4, 0.5) is 5.82 Å². The van der Waals surface area contributed by atoms with E-state index in [9.17, 15) is 0 Å². The number of nitrogen functional groups attached to an aromatic ring is 1. The Morgan fingerprint density at radius 1 is 0.941 bits per heavy atom. The predicted octanol–water partition coefficient (Wildman–Crippen LogP) is 3.18. The van der Waals surface area contributed by atoms with E-state index in [2.05, 4.69) is 44.0 Å². The summed E-state index contributed by atoms with van der Waals surface area (Å²) in [6.07, 6.45) is 2.63. The van der Waals surface area contributed by atoms with Gasteiger partial charge in [-0.1, -0.05) is 18.2 Å². The van der Waals surface area contributed by atoms with E-state index in [0.717, 1.165) is 12.0 Å². The van der Waals surface area contributed by atoms with E-state index in [1.165, 1.54) is 22.3 Å². The topological polar surface area (TPSA) is 38.9 Å². The van der Waals surface area contributed by atoms with E-state index in [1.807, 2.05) is 6.07 Å². The highest BCUT2D eigenvalue weighted by Gasteiger charge is 2.08. The molecule has 0 saturated heterocycles. The maximum atomic E-state index is 5.96. The van der Waals surface area contributed by atoms with Gasteiger partial charge in [0.05, 0.1) is 0 Å². The summed E-state index contributed by atoms with van der Waals surface area (Å²) in [6.45, 7) is 6.37. The Hall–Kier alpha value is -1.83. The summed E-state index contributed by atoms with van der Waals surface area (Å²) in [5.41, 5.74) is 12.3. The molecule has 0 aliphatic heterocycles. The van der Waals surface area contributed by atoms with Gasteiger partial charge in [-0.15, -0.1) is 0 Å². The Morgan fingerprint density at radius 3 is 2.12 bits per heavy atom. The molecule has 0 unspecified atom stereocenters. The van der Waals surface area contributed by atoms with Crippen molar-refractivity contribution in [3.8, 4) is 0 Å². The SMILES string of the molecule is Cc1cccc(C)c1Cc1c(C)ccnc1N. The molecule has 2 aromatic rings. The van der Waals surface area contributed by atoms with Gasteiger partial charge in [0.15, 0.2) is 0 Å². The number of rotatable bonds is 2. The first kappa shape index (κ1) is 11.6. The average molecular weight is 226 g/mol. The van der Waals surface area contributed by atoms with Crippen LogP contribution in [-0.2, 0) is 6.42 Å². The van der Waals surface area contributed by atoms with Gasteiger partial charge in [0.25, 0.3) is 0 Å². The van der Waals surface area contributed by atoms with Crippen LogP contribution in [0.2, 0.25) is 0 Å². The van der Waals surface area contributed by atoms with E-state index < -0.39 is 0 Å². The van der Waals surface area contributed by atoms with Crippen molar-refractivity contribution < 1.29 is 0 Å². The molecule has 17 heavy (non-hydrogen) atoms. The molecule has 2 heteroatoms. The molecule has 88 valence electrons. The molecule has 2 N–H and O–H groups in total. The number of nitrogens with zero attached hydrogens (tertiary/aromatic N) is 1. The Bertz CT molecular complexity index is 455. The largest absolute Gasteiger partial charge is 0.383 e. The van der Waals surface area contributed by atoms with Gasteiger partial charge in [-0.25, -0.2) is 4.98 Å². The summed E-state index contributed by atoms with van der Waals surface area (Å²) in [4.78, 5) is 4.17. The van der Waals surface area contributed by atoms with E-state index in [4.69, 9.17) is 5.73 Å². The first-order chi connectivity index (χ1) is 8.09. The number of pyridine rings is 1. The molecule has 2 rings (SSSR count). The van der Waals surface area contributed by atoms with Crippen molar-refractivity contribution in [2.45, 2.75) is 27.2 Å². The van der Waals surface area contributed by atoms with Crippen molar-refractivity contribution in [3.63, 3.8) is 0 Å². The van der Waals surface area contributed by atoms with Crippen molar-refractivity contribution in [2.24, 2.45) is 0 Å². The number of hydrogen-bond donors (Lipinski definition) is 1. The van der Waals surface area contributed by atoms with Gasteiger partial charge < -0.3 is 5.73 Å². The van der Waals surface area contributed by atoms with Crippen LogP contribution in [0, 0.1) is 20.8 Å². The molecular formula is C15H18N2. The maximum Gasteiger partial charge on any atom is 0.127 e. The quantitative estimate of drug-likeness (QED) is 0.854. The van der Waals surface area contributed by atoms with E-state index in [1.54, 1.807) is 6.20 Å². The fraction of sp³-hybridized carbons (Fsp3) is 0.267. The maximum absolute atomic E-state index is 5.96. The summed E-state index contributed by atoms with van der Waals surface area (Å²) >= 11 is 0. The molecule has 1 aromatic heterocycles. The number of aryl methyl sites for hydroxylation is 3. The summed E-state index contributed by atoms with van der Waals surface area (Å²) in [5.74, 6) is 0.646. The van der Waals surface area contributed by atoms with Gasteiger partial charge in [-0.2, -0.15) is 0 Å². The van der Waals surface area contributed by atoms with Crippen LogP contribution in [0.3, 0.4) is 0 Å². The molecule has 0 fully saturated rings. The molecule has 0 aliphatic carbocycles. The summed E-state index contributed by atoms with van der Waals surface area (Å²) in [6, 6.07) is 8.39. The Labute approximate surface area is 103 Å². The first-order valence-electron chi connectivity index (χ1n) is 5.84. The minimum absolute atomic E-state index is 0.646. The lowest BCUT2D eigenvalue weighted by molar-refractivity contribution is 1.08. The second-order valence-corrected chi connectivity index (χ2v) is 4.54. The van der Waals surface area contributed by atoms with Crippen LogP contribution in [0.5, 0.6) is 0 Å². The van der Waals surface area contributed by atoms with Gasteiger partial charge in [0.1, 0.15) is 5.82 Å². The van der Waals surface area contributed by atoms with Crippen molar-refractivity contribution in [1.29, 1.82) is 0 Å². The first-order valence-corrected chi connectivity index (χ1v) is 5.84. The van der Waals surface area contributed by atoms with Gasteiger partial charge in [-0.05, 0) is 49.1 Å². The van der Waals surface area contributed by atoms with Crippen LogP contribution >= 0.6 is 0 Å². The van der Waals surface area contributed by atoms with Gasteiger partial charge in [-0.3, -0.25) is 0 Å². The predicted molar refractivity (Wildman–Crippen MR) is 72.1 cm³/mol. The van der Waals surface area contributed by atoms with Crippen molar-refractivity contribution in [3.05, 3.63) is 58.3 Å². The third-order valence-corrected chi connectivity index (χ3v) is 3.32. The number of nitrogens with two attached hydrogens (primary N) is 1. The van der Waals surface area contributed by atoms with Gasteiger partial charge in [0.2, 0.25) is 0 Å². The number of aromatic nitrogens is 1. The number of benzene rings is 1. The Morgan fingerprint density at radius 2 is 1.53 bits per heavy atom. The van der Waals surface area contributed by atoms with Crippen LogP contribution in [0.15, 0.2) is 30.5 Å². The van der Waals surface area contributed by atoms with Gasteiger partial charge in [0, 0.05) is 18.2 Å². The minimum atomic E-state index is 0.646. The Balaban J connectivity index is 2.45. The zero-order valence-corrected chi connectivity index (χ0v) is 10.6. The third-order valence-electron chi connectivity index (χ3n) is 3.32. The smallest absolute Gasteiger partial charge is 0.127 e. The molecule has 0 radical (unpaired) electrons. The normalized spacial score (nSPS) is 10.5. The molecular weight excluding hydrogens is 208 g/mol. The van der Waals surface area contributed by atoms with Crippen molar-refractivity contribution >= 4 is 5.82 Å². The van der Waals surface area contributed by atoms with Crippen molar-refractivity contribution in [2.75, 3.05) is 5.73 Å². The number of anilines is 1. The van der Waals surface area contributed by atoms with Crippen LogP contribution in [-0.4, -0.2) is 4.98 Å². The second-order valence-electron chi connectivity index (χ2n) is 4.54. The van der Waals surface area contributed by atoms with Crippen LogP contribution in [0.1, 0.15) is 27.8 Å². The van der Waals surface area contributed by atoms with Gasteiger partial charge >= 0.3 is 0 Å². The fourth-order valence-corrected chi connectivity index (χ4v) is 2.14. The van der Waals surface area contributed by atoms with Crippen molar-refractivity contribution in [1.82, 2.24) is 4.98 Å². The zero-order valence-electron chi connectivity index (χ0n) is 10.6. The van der Waals surface area contributed by atoms with E-state index >= 15 is 0 Å². The van der Waals surface area contributed by atoms with Crippen LogP contribution in [0.25, 0.3) is 0 Å². The minimum Gasteiger partial charge on any atom is -0.383 e. The lowest BCUT2D eigenvalue weighted by atomic mass is 9.94. The summed E-state index contributed by atoms with van der Waals surface area (Å²) < 4.78 is 0. The Kier molecular flexibility index (Phi) is 3.14. The highest BCUT2D eigenvalue weighted by atomic mass is 14.8. The van der Waals surface area contributed by atoms with E-state index in [0.29, 0.717) is 5.82 Å². The highest BCUT2D eigenvalue weighted by molar-refractivity contribution is 5.49. The molecule has 0 atom stereocenters. The fourth-order valence-electron chi connectivity index (χ4n) is 2.14. The molecule has 1 aromatic carbocycles. The van der Waals surface area contributed by atoms with Crippen LogP contribution < -0.4 is 5.73 Å². The molecule has 0 bridgehead atoms. The monoisotopic (exact) mass is 226 g/mol. The standard InChI is InChI=1S/C15H18N2/c1-10-5-4-6-11(2)13(10)9-14-12(3)7-8-17-15(14)16/h4-8H,9H2,1-3H3,(H2,16,17). The molecule has 0 aliphatic rings. The highest BCUT2D eigenvalue weighted by Crippen LogP contribution is 2.22. The van der Waals surface area contributed by atoms with E-state index in [-0.39, 0.29) is 0 Å². The summed E-state index contributed by atoms with van der Waals surface area (Å²) in [5, 5.41) is 0. The summed E-state index contributed by atoms with van der Waals surface area (Å²) in [7, 11) is 0. The lowest BCUT2D eigenvalue weighted by Gasteiger charge is -2.13. The molecule has 2 nitrogen and oxygen atoms in total. The number of hydrogen-bond acceptors (Lipinski definition) is 2. The molecule has 0 spiro atoms. The molecule has 0 saturated carbocycles. The third kappa shape index (κ3) is 2.31. The molecule has 1 heterocycles.